The Morgan fingerprint density at radius 3 is 2.14 bits per heavy atom. The van der Waals surface area contributed by atoms with Crippen LogP contribution < -0.4 is 0 Å². The molecule has 0 unspecified atom stereocenters. The van der Waals surface area contributed by atoms with Crippen LogP contribution in [0.5, 0.6) is 0 Å². The quantitative estimate of drug-likeness (QED) is 0.499. The topological polar surface area (TPSA) is 0 Å². The van der Waals surface area contributed by atoms with E-state index in [1.54, 1.807) is 0 Å². The van der Waals surface area contributed by atoms with Crippen LogP contribution in [0.15, 0.2) is 12.4 Å². The molecule has 0 bridgehead atoms. The van der Waals surface area contributed by atoms with E-state index in [2.05, 4.69) is 6.58 Å². The summed E-state index contributed by atoms with van der Waals surface area (Å²) >= 11 is 0. The molecular weight excluding hydrogens is 117 g/mol. The number of hydrogen-bond acceptors (Lipinski definition) is 0. The van der Waals surface area contributed by atoms with Crippen LogP contribution in [0.4, 0.5) is 8.39 Å². The number of hydrogen-bond donors (Lipinski definition) is 0. The van der Waals surface area contributed by atoms with Crippen molar-refractivity contribution in [2.45, 2.75) is 6.92 Å². The van der Waals surface area contributed by atoms with E-state index >= 15 is 0 Å². The summed E-state index contributed by atoms with van der Waals surface area (Å²) in [6.07, 6.45) is -0.0174. The minimum absolute atomic E-state index is 0.0174. The molecule has 0 radical (unpaired) electrons. The average molecular weight is 126 g/mol. The third-order valence-electron chi connectivity index (χ3n) is 0.770. The van der Waals surface area contributed by atoms with Gasteiger partial charge in [-0.3, -0.25) is 0 Å². The van der Waals surface area contributed by atoms with Crippen molar-refractivity contribution in [3.63, 3.8) is 0 Å². The van der Waals surface area contributed by atoms with E-state index in [9.17, 15) is 8.39 Å². The third-order valence-corrected chi connectivity index (χ3v) is 2.31. The number of halogens is 2. The molecule has 0 atom stereocenters. The van der Waals surface area contributed by atoms with Crippen molar-refractivity contribution in [2.24, 2.45) is 0 Å². The van der Waals surface area contributed by atoms with Crippen molar-refractivity contribution in [3.05, 3.63) is 12.4 Å². The fourth-order valence-electron chi connectivity index (χ4n) is 0.144. The number of rotatable bonds is 2. The van der Waals surface area contributed by atoms with Crippen LogP contribution in [0.25, 0.3) is 0 Å². The van der Waals surface area contributed by atoms with Crippen LogP contribution in [0, 0.1) is 0 Å². The van der Waals surface area contributed by atoms with Crippen molar-refractivity contribution < 1.29 is 8.39 Å². The van der Waals surface area contributed by atoms with Crippen LogP contribution >= 0.6 is 7.88 Å². The van der Waals surface area contributed by atoms with E-state index in [4.69, 9.17) is 0 Å². The zero-order valence-electron chi connectivity index (χ0n) is 4.25. The van der Waals surface area contributed by atoms with Gasteiger partial charge in [-0.2, -0.15) is 0 Å². The molecule has 0 amide bonds. The second-order valence-electron chi connectivity index (χ2n) is 1.32. The van der Waals surface area contributed by atoms with E-state index in [1.807, 2.05) is 0 Å². The Bertz CT molecular complexity index is 70.1. The van der Waals surface area contributed by atoms with E-state index in [1.165, 1.54) is 6.92 Å². The molecule has 0 fully saturated rings. The van der Waals surface area contributed by atoms with E-state index in [-0.39, 0.29) is 6.16 Å². The summed E-state index contributed by atoms with van der Waals surface area (Å²) in [6, 6.07) is 0. The Hall–Kier alpha value is 0.0300. The zero-order valence-corrected chi connectivity index (χ0v) is 5.25. The normalized spacial score (nSPS) is 13.6. The standard InChI is InChI=1S/C4H9F2P/c1-3-7(5,6)4-2/h3,7H,1,4H2,2H3. The van der Waals surface area contributed by atoms with Gasteiger partial charge < -0.3 is 0 Å². The van der Waals surface area contributed by atoms with Crippen LogP contribution in [-0.2, 0) is 0 Å². The molecule has 44 valence electrons. The molecule has 0 heterocycles. The molecule has 7 heavy (non-hydrogen) atoms. The molecule has 0 spiro atoms. The van der Waals surface area contributed by atoms with Gasteiger partial charge in [-0.15, -0.1) is 0 Å². The van der Waals surface area contributed by atoms with E-state index in [0.717, 1.165) is 5.82 Å². The summed E-state index contributed by atoms with van der Waals surface area (Å²) in [4.78, 5) is 0. The van der Waals surface area contributed by atoms with Gasteiger partial charge in [0.05, 0.1) is 0 Å². The molecule has 0 aromatic carbocycles. The Balaban J connectivity index is 3.58. The minimum atomic E-state index is -3.89. The molecule has 0 aromatic heterocycles. The second kappa shape index (κ2) is 2.37. The molecule has 0 aliphatic rings. The summed E-state index contributed by atoms with van der Waals surface area (Å²) in [5, 5.41) is 0. The van der Waals surface area contributed by atoms with Gasteiger partial charge in [0, 0.05) is 0 Å². The molecular formula is C4H9F2P. The summed E-state index contributed by atoms with van der Waals surface area (Å²) in [5.41, 5.74) is 0. The summed E-state index contributed by atoms with van der Waals surface area (Å²) in [7, 11) is -3.89. The Kier molecular flexibility index (Phi) is 2.38. The first-order valence-electron chi connectivity index (χ1n) is 2.14. The van der Waals surface area contributed by atoms with Gasteiger partial charge in [0.25, 0.3) is 0 Å². The van der Waals surface area contributed by atoms with Gasteiger partial charge in [0.1, 0.15) is 0 Å². The first kappa shape index (κ1) is 7.03. The van der Waals surface area contributed by atoms with Crippen molar-refractivity contribution in [1.29, 1.82) is 0 Å². The van der Waals surface area contributed by atoms with E-state index < -0.39 is 7.88 Å². The van der Waals surface area contributed by atoms with Crippen LogP contribution in [0.2, 0.25) is 0 Å². The van der Waals surface area contributed by atoms with Crippen LogP contribution in [0.1, 0.15) is 6.92 Å². The van der Waals surface area contributed by atoms with Gasteiger partial charge in [-0.1, -0.05) is 0 Å². The molecule has 0 saturated carbocycles. The summed E-state index contributed by atoms with van der Waals surface area (Å²) in [5.74, 6) is 0.799. The van der Waals surface area contributed by atoms with Gasteiger partial charge in [0.2, 0.25) is 0 Å². The van der Waals surface area contributed by atoms with Gasteiger partial charge >= 0.3 is 41.8 Å². The second-order valence-corrected chi connectivity index (χ2v) is 3.96. The first-order valence-corrected chi connectivity index (χ1v) is 4.18. The monoisotopic (exact) mass is 126 g/mol. The molecule has 0 aliphatic carbocycles. The molecule has 0 aromatic rings. The SMILES string of the molecule is C=C[PH](F)(F)CC. The van der Waals surface area contributed by atoms with Gasteiger partial charge in [-0.05, 0) is 0 Å². The van der Waals surface area contributed by atoms with Crippen molar-refractivity contribution in [3.8, 4) is 0 Å². The molecule has 0 nitrogen and oxygen atoms in total. The maximum atomic E-state index is 11.9. The third kappa shape index (κ3) is 2.69. The van der Waals surface area contributed by atoms with Crippen molar-refractivity contribution in [1.82, 2.24) is 0 Å². The predicted molar refractivity (Wildman–Crippen MR) is 31.3 cm³/mol. The van der Waals surface area contributed by atoms with E-state index in [0.29, 0.717) is 0 Å². The summed E-state index contributed by atoms with van der Waals surface area (Å²) in [6.45, 7) is 4.49. The Labute approximate surface area is 42.8 Å². The maximum absolute atomic E-state index is 11.9. The molecule has 0 saturated heterocycles. The summed E-state index contributed by atoms with van der Waals surface area (Å²) < 4.78 is 23.8. The predicted octanol–water partition coefficient (Wildman–Crippen LogP) is 2.67. The molecule has 0 rings (SSSR count). The first-order chi connectivity index (χ1) is 3.12. The average Bonchev–Trinajstić information content (AvgIpc) is 1.68. The Morgan fingerprint density at radius 2 is 2.14 bits per heavy atom. The van der Waals surface area contributed by atoms with Gasteiger partial charge in [0.15, 0.2) is 0 Å². The molecule has 0 N–H and O–H groups in total. The fourth-order valence-corrected chi connectivity index (χ4v) is 0.433. The van der Waals surface area contributed by atoms with Crippen LogP contribution in [-0.4, -0.2) is 6.16 Å². The fraction of sp³-hybridized carbons (Fsp3) is 0.500. The zero-order chi connectivity index (χ0) is 5.91. The van der Waals surface area contributed by atoms with Gasteiger partial charge in [-0.25, -0.2) is 0 Å². The Morgan fingerprint density at radius 1 is 1.71 bits per heavy atom. The van der Waals surface area contributed by atoms with Crippen LogP contribution in [0.3, 0.4) is 0 Å². The van der Waals surface area contributed by atoms with Crippen molar-refractivity contribution in [2.75, 3.05) is 6.16 Å². The molecule has 3 heteroatoms. The molecule has 0 aliphatic heterocycles. The van der Waals surface area contributed by atoms with Crippen molar-refractivity contribution >= 4 is 7.88 Å².